The fourth-order valence-corrected chi connectivity index (χ4v) is 2.24. The molecule has 2 aromatic rings. The van der Waals surface area contributed by atoms with Gasteiger partial charge < -0.3 is 5.11 Å². The summed E-state index contributed by atoms with van der Waals surface area (Å²) in [5.41, 5.74) is -1.91. The zero-order valence-corrected chi connectivity index (χ0v) is 11.6. The van der Waals surface area contributed by atoms with Crippen molar-refractivity contribution in [2.75, 3.05) is 0 Å². The number of alkyl halides is 3. The van der Waals surface area contributed by atoms with Gasteiger partial charge in [0.15, 0.2) is 5.60 Å². The van der Waals surface area contributed by atoms with Crippen molar-refractivity contribution in [3.8, 4) is 0 Å². The highest BCUT2D eigenvalue weighted by Crippen LogP contribution is 2.41. The van der Waals surface area contributed by atoms with Crippen LogP contribution in [-0.2, 0) is 5.60 Å². The highest BCUT2D eigenvalue weighted by Gasteiger charge is 2.51. The molecule has 0 aliphatic carbocycles. The number of benzene rings is 2. The average Bonchev–Trinajstić information content (AvgIpc) is 2.35. The minimum Gasteiger partial charge on any atom is -0.376 e. The molecule has 2 rings (SSSR count). The molecule has 0 saturated carbocycles. The van der Waals surface area contributed by atoms with Gasteiger partial charge in [0.25, 0.3) is 0 Å². The monoisotopic (exact) mass is 282 g/mol. The molecule has 108 valence electrons. The molecule has 0 bridgehead atoms. The van der Waals surface area contributed by atoms with E-state index >= 15 is 0 Å². The average molecular weight is 282 g/mol. The Morgan fingerprint density at radius 2 is 1.70 bits per heavy atom. The van der Waals surface area contributed by atoms with Gasteiger partial charge in [0.2, 0.25) is 0 Å². The van der Waals surface area contributed by atoms with Gasteiger partial charge >= 0.3 is 6.18 Å². The first-order chi connectivity index (χ1) is 9.14. The Morgan fingerprint density at radius 3 is 2.25 bits per heavy atom. The first-order valence-corrected chi connectivity index (χ1v) is 6.47. The number of hydrogen-bond donors (Lipinski definition) is 1. The lowest BCUT2D eigenvalue weighted by atomic mass is 9.89. The third-order valence-electron chi connectivity index (χ3n) is 3.65. The number of hydrogen-bond acceptors (Lipinski definition) is 1. The molecular weight excluding hydrogens is 265 g/mol. The number of aliphatic hydroxyl groups is 1. The number of halogens is 3. The highest BCUT2D eigenvalue weighted by molar-refractivity contribution is 5.87. The summed E-state index contributed by atoms with van der Waals surface area (Å²) in [6.07, 6.45) is -4.71. The minimum absolute atomic E-state index is 0.113. The second-order valence-corrected chi connectivity index (χ2v) is 5.51. The second-order valence-electron chi connectivity index (χ2n) is 5.51. The van der Waals surface area contributed by atoms with Crippen LogP contribution in [0.5, 0.6) is 0 Å². The van der Waals surface area contributed by atoms with Gasteiger partial charge in [0.1, 0.15) is 0 Å². The minimum atomic E-state index is -4.71. The van der Waals surface area contributed by atoms with Crippen LogP contribution in [0.3, 0.4) is 0 Å². The van der Waals surface area contributed by atoms with E-state index in [0.717, 1.165) is 12.5 Å². The summed E-state index contributed by atoms with van der Waals surface area (Å²) >= 11 is 0. The largest absolute Gasteiger partial charge is 0.421 e. The van der Waals surface area contributed by atoms with Crippen molar-refractivity contribution in [1.82, 2.24) is 0 Å². The smallest absolute Gasteiger partial charge is 0.376 e. The molecule has 0 aliphatic heterocycles. The number of rotatable bonds is 2. The van der Waals surface area contributed by atoms with Crippen molar-refractivity contribution in [2.45, 2.75) is 38.5 Å². The second kappa shape index (κ2) is 4.77. The maximum atomic E-state index is 13.0. The summed E-state index contributed by atoms with van der Waals surface area (Å²) < 4.78 is 39.0. The molecule has 1 N–H and O–H groups in total. The van der Waals surface area contributed by atoms with E-state index in [-0.39, 0.29) is 5.56 Å². The molecule has 0 spiro atoms. The van der Waals surface area contributed by atoms with Gasteiger partial charge in [-0.15, -0.1) is 0 Å². The summed E-state index contributed by atoms with van der Waals surface area (Å²) in [7, 11) is 0. The van der Waals surface area contributed by atoms with E-state index in [1.807, 2.05) is 26.0 Å². The van der Waals surface area contributed by atoms with Crippen LogP contribution >= 0.6 is 0 Å². The van der Waals surface area contributed by atoms with Crippen LogP contribution in [0.1, 0.15) is 37.8 Å². The molecule has 1 nitrogen and oxygen atoms in total. The maximum Gasteiger partial charge on any atom is 0.421 e. The lowest BCUT2D eigenvalue weighted by molar-refractivity contribution is -0.258. The lowest BCUT2D eigenvalue weighted by Crippen LogP contribution is -2.39. The van der Waals surface area contributed by atoms with E-state index in [2.05, 4.69) is 0 Å². The van der Waals surface area contributed by atoms with Crippen LogP contribution in [0, 0.1) is 0 Å². The predicted octanol–water partition coefficient (Wildman–Crippen LogP) is 4.73. The number of fused-ring (bicyclic) bond motifs is 1. The standard InChI is InChI=1S/C16H17F3O/c1-10(2)11-7-8-13-12(9-11)5-4-6-14(13)15(3,20)16(17,18)19/h4-10,20H,1-3H3. The van der Waals surface area contributed by atoms with E-state index in [0.29, 0.717) is 16.7 Å². The Kier molecular flexibility index (Phi) is 3.54. The Hall–Kier alpha value is -1.55. The molecule has 20 heavy (non-hydrogen) atoms. The molecule has 2 aromatic carbocycles. The van der Waals surface area contributed by atoms with Crippen molar-refractivity contribution >= 4 is 10.8 Å². The van der Waals surface area contributed by atoms with Gasteiger partial charge in [0.05, 0.1) is 0 Å². The lowest BCUT2D eigenvalue weighted by Gasteiger charge is -2.28. The molecule has 0 saturated heterocycles. The molecule has 0 aromatic heterocycles. The van der Waals surface area contributed by atoms with Crippen molar-refractivity contribution in [1.29, 1.82) is 0 Å². The quantitative estimate of drug-likeness (QED) is 0.844. The van der Waals surface area contributed by atoms with E-state index in [9.17, 15) is 18.3 Å². The Morgan fingerprint density at radius 1 is 1.05 bits per heavy atom. The zero-order chi connectivity index (χ0) is 15.1. The molecule has 1 unspecified atom stereocenters. The molecule has 0 fully saturated rings. The first-order valence-electron chi connectivity index (χ1n) is 6.47. The first kappa shape index (κ1) is 14.9. The van der Waals surface area contributed by atoms with Crippen molar-refractivity contribution in [3.05, 3.63) is 47.5 Å². The Balaban J connectivity index is 2.68. The van der Waals surface area contributed by atoms with E-state index in [1.54, 1.807) is 18.2 Å². The van der Waals surface area contributed by atoms with Crippen LogP contribution in [0.15, 0.2) is 36.4 Å². The van der Waals surface area contributed by atoms with Crippen LogP contribution < -0.4 is 0 Å². The van der Waals surface area contributed by atoms with Gasteiger partial charge in [-0.3, -0.25) is 0 Å². The van der Waals surface area contributed by atoms with Gasteiger partial charge in [-0.05, 0) is 29.2 Å². The molecule has 0 amide bonds. The van der Waals surface area contributed by atoms with Crippen molar-refractivity contribution < 1.29 is 18.3 Å². The van der Waals surface area contributed by atoms with Crippen LogP contribution in [0.4, 0.5) is 13.2 Å². The summed E-state index contributed by atoms with van der Waals surface area (Å²) in [5, 5.41) is 11.0. The third kappa shape index (κ3) is 2.40. The summed E-state index contributed by atoms with van der Waals surface area (Å²) in [6, 6.07) is 9.96. The van der Waals surface area contributed by atoms with Crippen LogP contribution in [0.2, 0.25) is 0 Å². The topological polar surface area (TPSA) is 20.2 Å². The van der Waals surface area contributed by atoms with Crippen molar-refractivity contribution in [2.24, 2.45) is 0 Å². The van der Waals surface area contributed by atoms with Crippen LogP contribution in [-0.4, -0.2) is 11.3 Å². The van der Waals surface area contributed by atoms with E-state index in [1.165, 1.54) is 6.07 Å². The normalized spacial score (nSPS) is 15.6. The summed E-state index contributed by atoms with van der Waals surface area (Å²) in [4.78, 5) is 0. The maximum absolute atomic E-state index is 13.0. The molecule has 0 aliphatic rings. The summed E-state index contributed by atoms with van der Waals surface area (Å²) in [5.74, 6) is 0.297. The van der Waals surface area contributed by atoms with E-state index in [4.69, 9.17) is 0 Å². The fourth-order valence-electron chi connectivity index (χ4n) is 2.24. The SMILES string of the molecule is CC(C)c1ccc2c(C(C)(O)C(F)(F)F)cccc2c1. The molecule has 0 heterocycles. The van der Waals surface area contributed by atoms with E-state index < -0.39 is 11.8 Å². The molecular formula is C16H17F3O. The molecule has 0 radical (unpaired) electrons. The van der Waals surface area contributed by atoms with Gasteiger partial charge in [-0.25, -0.2) is 0 Å². The van der Waals surface area contributed by atoms with Gasteiger partial charge in [-0.1, -0.05) is 50.2 Å². The van der Waals surface area contributed by atoms with Crippen molar-refractivity contribution in [3.63, 3.8) is 0 Å². The highest BCUT2D eigenvalue weighted by atomic mass is 19.4. The Bertz CT molecular complexity index is 627. The van der Waals surface area contributed by atoms with Crippen LogP contribution in [0.25, 0.3) is 10.8 Å². The van der Waals surface area contributed by atoms with Gasteiger partial charge in [-0.2, -0.15) is 13.2 Å². The predicted molar refractivity (Wildman–Crippen MR) is 73.7 cm³/mol. The third-order valence-corrected chi connectivity index (χ3v) is 3.65. The Labute approximate surface area is 116 Å². The zero-order valence-electron chi connectivity index (χ0n) is 11.6. The molecule has 4 heteroatoms. The fraction of sp³-hybridized carbons (Fsp3) is 0.375. The van der Waals surface area contributed by atoms with Gasteiger partial charge in [0, 0.05) is 5.56 Å². The summed E-state index contributed by atoms with van der Waals surface area (Å²) in [6.45, 7) is 4.84. The molecule has 1 atom stereocenters.